The smallest absolute Gasteiger partial charge is 0.407 e. The summed E-state index contributed by atoms with van der Waals surface area (Å²) in [5.74, 6) is 0. The first-order valence-electron chi connectivity index (χ1n) is 6.61. The van der Waals surface area contributed by atoms with Crippen LogP contribution in [0.4, 0.5) is 10.5 Å². The molecule has 0 saturated heterocycles. The summed E-state index contributed by atoms with van der Waals surface area (Å²) in [7, 11) is -4.04. The molecule has 1 rings (SSSR count). The number of para-hydroxylation sites is 1. The highest BCUT2D eigenvalue weighted by Crippen LogP contribution is 2.22. The number of hydrogen-bond acceptors (Lipinski definition) is 5. The first kappa shape index (κ1) is 18.6. The Kier molecular flexibility index (Phi) is 6.66. The van der Waals surface area contributed by atoms with E-state index in [-0.39, 0.29) is 26.1 Å². The lowest BCUT2D eigenvalue weighted by Gasteiger charge is -2.17. The number of nitrogens with zero attached hydrogens (tertiary/aromatic N) is 2. The van der Waals surface area contributed by atoms with Crippen molar-refractivity contribution < 1.29 is 23.2 Å². The Morgan fingerprint density at radius 2 is 2.09 bits per heavy atom. The Hall–Kier alpha value is -2.46. The summed E-state index contributed by atoms with van der Waals surface area (Å²) < 4.78 is 26.4. The summed E-state index contributed by atoms with van der Waals surface area (Å²) in [5.41, 5.74) is -0.515. The van der Waals surface area contributed by atoms with Crippen LogP contribution in [0.5, 0.6) is 0 Å². The highest BCUT2D eigenvalue weighted by atomic mass is 32.2. The zero-order valence-electron chi connectivity index (χ0n) is 12.2. The van der Waals surface area contributed by atoms with E-state index in [9.17, 15) is 23.3 Å². The van der Waals surface area contributed by atoms with Crippen LogP contribution in [0, 0.1) is 10.1 Å². The van der Waals surface area contributed by atoms with Crippen LogP contribution in [-0.4, -0.2) is 49.1 Å². The van der Waals surface area contributed by atoms with Crippen LogP contribution in [0.15, 0.2) is 41.8 Å². The average Bonchev–Trinajstić information content (AvgIpc) is 2.50. The first-order valence-corrected chi connectivity index (χ1v) is 8.09. The van der Waals surface area contributed by atoms with Crippen LogP contribution >= 0.6 is 0 Å². The second kappa shape index (κ2) is 8.25. The van der Waals surface area contributed by atoms with Gasteiger partial charge in [-0.2, -0.15) is 0 Å². The van der Waals surface area contributed by atoms with Gasteiger partial charge in [0, 0.05) is 25.7 Å². The number of amides is 1. The Morgan fingerprint density at radius 1 is 1.43 bits per heavy atom. The van der Waals surface area contributed by atoms with Crippen LogP contribution < -0.4 is 4.72 Å². The monoisotopic (exact) mass is 343 g/mol. The number of nitro groups is 1. The molecule has 0 aliphatic carbocycles. The van der Waals surface area contributed by atoms with E-state index in [4.69, 9.17) is 5.11 Å². The van der Waals surface area contributed by atoms with Gasteiger partial charge < -0.3 is 10.0 Å². The van der Waals surface area contributed by atoms with E-state index in [1.807, 2.05) is 0 Å². The molecule has 0 aliphatic heterocycles. The van der Waals surface area contributed by atoms with Crippen LogP contribution in [0.25, 0.3) is 0 Å². The summed E-state index contributed by atoms with van der Waals surface area (Å²) >= 11 is 0. The van der Waals surface area contributed by atoms with Gasteiger partial charge >= 0.3 is 6.09 Å². The number of nitrogens with one attached hydrogen (secondary N) is 1. The van der Waals surface area contributed by atoms with Crippen molar-refractivity contribution in [3.63, 3.8) is 0 Å². The zero-order chi connectivity index (χ0) is 17.5. The van der Waals surface area contributed by atoms with Crippen LogP contribution in [0.1, 0.15) is 6.42 Å². The maximum absolute atomic E-state index is 12.1. The number of benzene rings is 1. The van der Waals surface area contributed by atoms with Crippen LogP contribution in [0.2, 0.25) is 0 Å². The minimum Gasteiger partial charge on any atom is -0.465 e. The largest absolute Gasteiger partial charge is 0.465 e. The Bertz CT molecular complexity index is 689. The van der Waals surface area contributed by atoms with Gasteiger partial charge in [-0.05, 0) is 12.5 Å². The summed E-state index contributed by atoms with van der Waals surface area (Å²) in [6.07, 6.45) is 0.512. The number of hydrogen-bond donors (Lipinski definition) is 2. The van der Waals surface area contributed by atoms with Crippen molar-refractivity contribution in [1.82, 2.24) is 9.62 Å². The van der Waals surface area contributed by atoms with Crippen molar-refractivity contribution >= 4 is 21.8 Å². The normalized spacial score (nSPS) is 11.0. The van der Waals surface area contributed by atoms with Crippen molar-refractivity contribution in [3.8, 4) is 0 Å². The number of nitro benzene ring substituents is 1. The van der Waals surface area contributed by atoms with Crippen molar-refractivity contribution in [1.29, 1.82) is 0 Å². The highest BCUT2D eigenvalue weighted by molar-refractivity contribution is 7.89. The van der Waals surface area contributed by atoms with Gasteiger partial charge in [-0.15, -0.1) is 6.58 Å². The van der Waals surface area contributed by atoms with E-state index in [1.54, 1.807) is 0 Å². The van der Waals surface area contributed by atoms with Crippen LogP contribution in [0.3, 0.4) is 0 Å². The molecule has 9 nitrogen and oxygen atoms in total. The predicted octanol–water partition coefficient (Wildman–Crippen LogP) is 1.43. The van der Waals surface area contributed by atoms with Crippen molar-refractivity contribution in [2.75, 3.05) is 19.6 Å². The topological polar surface area (TPSA) is 130 Å². The van der Waals surface area contributed by atoms with Gasteiger partial charge in [-0.1, -0.05) is 18.2 Å². The van der Waals surface area contributed by atoms with Crippen molar-refractivity contribution in [3.05, 3.63) is 47.0 Å². The molecular formula is C13H17N3O6S. The highest BCUT2D eigenvalue weighted by Gasteiger charge is 2.24. The lowest BCUT2D eigenvalue weighted by Crippen LogP contribution is -2.33. The molecule has 0 heterocycles. The molecule has 10 heteroatoms. The predicted molar refractivity (Wildman–Crippen MR) is 82.7 cm³/mol. The molecule has 126 valence electrons. The van der Waals surface area contributed by atoms with E-state index >= 15 is 0 Å². The van der Waals surface area contributed by atoms with Crippen molar-refractivity contribution in [2.45, 2.75) is 11.3 Å². The summed E-state index contributed by atoms with van der Waals surface area (Å²) in [6.45, 7) is 3.63. The molecule has 0 bridgehead atoms. The molecule has 0 spiro atoms. The van der Waals surface area contributed by atoms with Gasteiger partial charge in [0.1, 0.15) is 0 Å². The first-order chi connectivity index (χ1) is 10.8. The molecule has 1 aromatic carbocycles. The fourth-order valence-corrected chi connectivity index (χ4v) is 3.05. The summed E-state index contributed by atoms with van der Waals surface area (Å²) in [5, 5.41) is 19.8. The average molecular weight is 343 g/mol. The zero-order valence-corrected chi connectivity index (χ0v) is 13.0. The SMILES string of the molecule is C=CCN(CCCNS(=O)(=O)c1ccccc1[N+](=O)[O-])C(=O)O. The fourth-order valence-electron chi connectivity index (χ4n) is 1.81. The second-order valence-electron chi connectivity index (χ2n) is 4.49. The molecule has 1 amide bonds. The molecule has 23 heavy (non-hydrogen) atoms. The molecule has 2 N–H and O–H groups in total. The maximum Gasteiger partial charge on any atom is 0.407 e. The summed E-state index contributed by atoms with van der Waals surface area (Å²) in [6, 6.07) is 5.00. The minimum absolute atomic E-state index is 0.0463. The lowest BCUT2D eigenvalue weighted by molar-refractivity contribution is -0.387. The van der Waals surface area contributed by atoms with Crippen molar-refractivity contribution in [2.24, 2.45) is 0 Å². The lowest BCUT2D eigenvalue weighted by atomic mass is 10.3. The van der Waals surface area contributed by atoms with Gasteiger partial charge in [-0.25, -0.2) is 17.9 Å². The third-order valence-electron chi connectivity index (χ3n) is 2.87. The number of carbonyl (C=O) groups is 1. The maximum atomic E-state index is 12.1. The Morgan fingerprint density at radius 3 is 2.65 bits per heavy atom. The van der Waals surface area contributed by atoms with E-state index in [2.05, 4.69) is 11.3 Å². The Labute approximate surface area is 133 Å². The molecular weight excluding hydrogens is 326 g/mol. The Balaban J connectivity index is 2.69. The molecule has 0 fully saturated rings. The van der Waals surface area contributed by atoms with E-state index in [0.717, 1.165) is 17.0 Å². The molecule has 1 aromatic rings. The van der Waals surface area contributed by atoms with Gasteiger partial charge in [-0.3, -0.25) is 10.1 Å². The van der Waals surface area contributed by atoms with Gasteiger partial charge in [0.2, 0.25) is 10.0 Å². The quantitative estimate of drug-likeness (QED) is 0.302. The van der Waals surface area contributed by atoms with Crippen LogP contribution in [-0.2, 0) is 10.0 Å². The molecule has 0 atom stereocenters. The van der Waals surface area contributed by atoms with Gasteiger partial charge in [0.05, 0.1) is 4.92 Å². The molecule has 0 aromatic heterocycles. The summed E-state index contributed by atoms with van der Waals surface area (Å²) in [4.78, 5) is 21.6. The van der Waals surface area contributed by atoms with E-state index < -0.39 is 31.6 Å². The molecule has 0 unspecified atom stereocenters. The standard InChI is InChI=1S/C13H17N3O6S/c1-2-9-15(13(17)18)10-5-8-14-23(21,22)12-7-4-3-6-11(12)16(19)20/h2-4,6-7,14H,1,5,8-10H2,(H,17,18). The number of rotatable bonds is 9. The van der Waals surface area contributed by atoms with Gasteiger partial charge in [0.15, 0.2) is 4.90 Å². The second-order valence-corrected chi connectivity index (χ2v) is 6.23. The number of sulfonamides is 1. The molecule has 0 radical (unpaired) electrons. The minimum atomic E-state index is -4.04. The van der Waals surface area contributed by atoms with Gasteiger partial charge in [0.25, 0.3) is 5.69 Å². The fraction of sp³-hybridized carbons (Fsp3) is 0.308. The van der Waals surface area contributed by atoms with E-state index in [0.29, 0.717) is 0 Å². The van der Waals surface area contributed by atoms with E-state index in [1.165, 1.54) is 18.2 Å². The third kappa shape index (κ3) is 5.34. The number of carboxylic acid groups (broad SMARTS) is 1. The molecule has 0 aliphatic rings. The third-order valence-corrected chi connectivity index (χ3v) is 4.38. The molecule has 0 saturated carbocycles.